The number of carbonyl (C=O) groups is 1. The largest absolute Gasteiger partial charge is 0.314 e. The highest BCUT2D eigenvalue weighted by molar-refractivity contribution is 8.16. The number of thioether (sulfide) groups is 1. The van der Waals surface area contributed by atoms with Gasteiger partial charge in [0.2, 0.25) is 0 Å². The van der Waals surface area contributed by atoms with Crippen molar-refractivity contribution in [3.05, 3.63) is 63.1 Å². The Kier molecular flexibility index (Phi) is 5.88. The second-order valence-corrected chi connectivity index (χ2v) is 11.4. The van der Waals surface area contributed by atoms with Crippen molar-refractivity contribution < 1.29 is 13.2 Å². The van der Waals surface area contributed by atoms with Gasteiger partial charge in [0.25, 0.3) is 5.91 Å². The van der Waals surface area contributed by atoms with E-state index >= 15 is 0 Å². The second kappa shape index (κ2) is 8.12. The van der Waals surface area contributed by atoms with Crippen LogP contribution < -0.4 is 4.90 Å². The van der Waals surface area contributed by atoms with Crippen LogP contribution in [0.15, 0.2) is 47.5 Å². The van der Waals surface area contributed by atoms with Crippen LogP contribution in [0.3, 0.4) is 0 Å². The van der Waals surface area contributed by atoms with Crippen molar-refractivity contribution in [3.63, 3.8) is 0 Å². The first kappa shape index (κ1) is 21.0. The topological polar surface area (TPSA) is 66.8 Å². The summed E-state index contributed by atoms with van der Waals surface area (Å²) in [5, 5.41) is 1.48. The van der Waals surface area contributed by atoms with Gasteiger partial charge in [-0.15, -0.1) is 0 Å². The molecular formula is C19H15Cl3N2O3S2. The van der Waals surface area contributed by atoms with E-state index in [1.807, 2.05) is 0 Å². The summed E-state index contributed by atoms with van der Waals surface area (Å²) in [6.45, 7) is 0. The van der Waals surface area contributed by atoms with Crippen molar-refractivity contribution in [1.29, 1.82) is 0 Å². The van der Waals surface area contributed by atoms with E-state index in [9.17, 15) is 13.2 Å². The Bertz CT molecular complexity index is 1100. The molecule has 1 amide bonds. The molecule has 152 valence electrons. The van der Waals surface area contributed by atoms with Gasteiger partial charge in [0.15, 0.2) is 15.0 Å². The van der Waals surface area contributed by atoms with Gasteiger partial charge in [0.1, 0.15) is 0 Å². The van der Waals surface area contributed by atoms with Crippen molar-refractivity contribution in [3.8, 4) is 0 Å². The molecule has 0 aliphatic carbocycles. The average Bonchev–Trinajstić information content (AvgIpc) is 3.10. The fourth-order valence-electron chi connectivity index (χ4n) is 3.45. The summed E-state index contributed by atoms with van der Waals surface area (Å²) in [5.74, 6) is -0.305. The molecule has 0 radical (unpaired) electrons. The van der Waals surface area contributed by atoms with E-state index in [0.717, 1.165) is 5.56 Å². The number of hydrogen-bond donors (Lipinski definition) is 0. The van der Waals surface area contributed by atoms with Crippen LogP contribution in [0.5, 0.6) is 0 Å². The highest BCUT2D eigenvalue weighted by atomic mass is 35.5. The molecule has 10 heteroatoms. The Balaban J connectivity index is 1.67. The predicted octanol–water partition coefficient (Wildman–Crippen LogP) is 4.49. The first-order valence-electron chi connectivity index (χ1n) is 8.70. The van der Waals surface area contributed by atoms with Gasteiger partial charge in [-0.2, -0.15) is 4.99 Å². The van der Waals surface area contributed by atoms with Gasteiger partial charge in [0, 0.05) is 10.3 Å². The summed E-state index contributed by atoms with van der Waals surface area (Å²) >= 11 is 19.7. The van der Waals surface area contributed by atoms with Crippen molar-refractivity contribution in [2.45, 2.75) is 17.7 Å². The molecule has 5 nitrogen and oxygen atoms in total. The molecule has 2 aromatic carbocycles. The van der Waals surface area contributed by atoms with Gasteiger partial charge in [-0.05, 0) is 29.8 Å². The number of amidine groups is 1. The molecule has 0 N–H and O–H groups in total. The number of halogens is 3. The third kappa shape index (κ3) is 4.44. The normalized spacial score (nSPS) is 24.1. The van der Waals surface area contributed by atoms with E-state index in [4.69, 9.17) is 34.8 Å². The number of carbonyl (C=O) groups excluding carboxylic acids is 1. The number of hydrogen-bond acceptors (Lipinski definition) is 4. The van der Waals surface area contributed by atoms with Gasteiger partial charge in [-0.1, -0.05) is 64.8 Å². The van der Waals surface area contributed by atoms with E-state index in [1.54, 1.807) is 47.4 Å². The van der Waals surface area contributed by atoms with Gasteiger partial charge in [-0.3, -0.25) is 4.79 Å². The van der Waals surface area contributed by atoms with Gasteiger partial charge in [-0.25, -0.2) is 8.42 Å². The van der Waals surface area contributed by atoms with Gasteiger partial charge < -0.3 is 4.90 Å². The molecule has 29 heavy (non-hydrogen) atoms. The lowest BCUT2D eigenvalue weighted by molar-refractivity contribution is -0.117. The Morgan fingerprint density at radius 2 is 1.83 bits per heavy atom. The minimum atomic E-state index is -3.16. The van der Waals surface area contributed by atoms with Crippen molar-refractivity contribution >= 4 is 73.2 Å². The number of anilines is 1. The molecular weight excluding hydrogens is 475 g/mol. The van der Waals surface area contributed by atoms with E-state index in [-0.39, 0.29) is 35.1 Å². The lowest BCUT2D eigenvalue weighted by Crippen LogP contribution is -2.38. The van der Waals surface area contributed by atoms with E-state index < -0.39 is 9.84 Å². The maximum absolute atomic E-state index is 12.6. The third-order valence-electron chi connectivity index (χ3n) is 4.75. The molecule has 2 aliphatic rings. The minimum absolute atomic E-state index is 0.0160. The average molecular weight is 490 g/mol. The van der Waals surface area contributed by atoms with E-state index in [1.165, 1.54) is 11.8 Å². The molecule has 2 heterocycles. The van der Waals surface area contributed by atoms with Crippen LogP contribution in [0.25, 0.3) is 0 Å². The van der Waals surface area contributed by atoms with Crippen LogP contribution >= 0.6 is 46.6 Å². The minimum Gasteiger partial charge on any atom is -0.314 e. The Labute approximate surface area is 188 Å². The van der Waals surface area contributed by atoms with Crippen LogP contribution in [-0.2, 0) is 21.1 Å². The summed E-state index contributed by atoms with van der Waals surface area (Å²) in [6.07, 6.45) is 0.117. The Morgan fingerprint density at radius 1 is 1.10 bits per heavy atom. The van der Waals surface area contributed by atoms with Gasteiger partial charge in [0.05, 0.1) is 39.7 Å². The van der Waals surface area contributed by atoms with Crippen LogP contribution in [0.4, 0.5) is 5.69 Å². The molecule has 0 aromatic heterocycles. The number of amides is 1. The standard InChI is InChI=1S/C19H15Cl3N2O3S2/c20-12-6-4-11(5-7-12)8-17(25)23-19-24(14-3-1-2-13(21)18(14)22)15-9-29(26,27)10-16(15)28-19/h1-7,15-16H,8-10H2/t15-,16-/m0/s1. The molecule has 0 bridgehead atoms. The fraction of sp³-hybridized carbons (Fsp3) is 0.263. The number of aliphatic imine (C=N–C) groups is 1. The second-order valence-electron chi connectivity index (χ2n) is 6.83. The van der Waals surface area contributed by atoms with E-state index in [0.29, 0.717) is 25.9 Å². The third-order valence-corrected chi connectivity index (χ3v) is 9.02. The predicted molar refractivity (Wildman–Crippen MR) is 120 cm³/mol. The zero-order chi connectivity index (χ0) is 20.8. The molecule has 0 spiro atoms. The monoisotopic (exact) mass is 488 g/mol. The molecule has 2 fully saturated rings. The van der Waals surface area contributed by atoms with Crippen LogP contribution in [0.2, 0.25) is 15.1 Å². The Morgan fingerprint density at radius 3 is 2.55 bits per heavy atom. The number of nitrogens with zero attached hydrogens (tertiary/aromatic N) is 2. The quantitative estimate of drug-likeness (QED) is 0.635. The smallest absolute Gasteiger partial charge is 0.252 e. The first-order valence-corrected chi connectivity index (χ1v) is 12.5. The Hall–Kier alpha value is -1.25. The molecule has 2 saturated heterocycles. The maximum atomic E-state index is 12.6. The SMILES string of the molecule is O=C(Cc1ccc(Cl)cc1)N=C1S[C@H]2CS(=O)(=O)C[C@@H]2N1c1cccc(Cl)c1Cl. The number of rotatable bonds is 3. The van der Waals surface area contributed by atoms with E-state index in [2.05, 4.69) is 4.99 Å². The lowest BCUT2D eigenvalue weighted by Gasteiger charge is -2.25. The summed E-state index contributed by atoms with van der Waals surface area (Å²) in [7, 11) is -3.16. The maximum Gasteiger partial charge on any atom is 0.252 e. The summed E-state index contributed by atoms with van der Waals surface area (Å²) in [5.41, 5.74) is 1.34. The van der Waals surface area contributed by atoms with Crippen LogP contribution in [0, 0.1) is 0 Å². The highest BCUT2D eigenvalue weighted by Crippen LogP contribution is 2.44. The number of fused-ring (bicyclic) bond motifs is 1. The zero-order valence-corrected chi connectivity index (χ0v) is 18.8. The lowest BCUT2D eigenvalue weighted by atomic mass is 10.1. The molecule has 2 atom stereocenters. The first-order chi connectivity index (χ1) is 13.7. The van der Waals surface area contributed by atoms with Crippen LogP contribution in [0.1, 0.15) is 5.56 Å². The van der Waals surface area contributed by atoms with Crippen molar-refractivity contribution in [2.75, 3.05) is 16.4 Å². The molecule has 0 saturated carbocycles. The summed E-state index contributed by atoms with van der Waals surface area (Å²) in [6, 6.07) is 11.8. The van der Waals surface area contributed by atoms with Crippen LogP contribution in [-0.4, -0.2) is 42.3 Å². The molecule has 0 unspecified atom stereocenters. The fourth-order valence-corrected chi connectivity index (χ4v) is 7.88. The van der Waals surface area contributed by atoms with Crippen molar-refractivity contribution in [2.24, 2.45) is 4.99 Å². The summed E-state index contributed by atoms with van der Waals surface area (Å²) < 4.78 is 24.3. The molecule has 2 aromatic rings. The molecule has 2 aliphatic heterocycles. The van der Waals surface area contributed by atoms with Gasteiger partial charge >= 0.3 is 0 Å². The number of sulfone groups is 1. The summed E-state index contributed by atoms with van der Waals surface area (Å²) in [4.78, 5) is 18.6. The molecule has 4 rings (SSSR count). The number of benzene rings is 2. The highest BCUT2D eigenvalue weighted by Gasteiger charge is 2.49. The zero-order valence-electron chi connectivity index (χ0n) is 14.9. The van der Waals surface area contributed by atoms with Crippen molar-refractivity contribution in [1.82, 2.24) is 0 Å².